The van der Waals surface area contributed by atoms with Crippen molar-refractivity contribution in [2.24, 2.45) is 5.92 Å². The predicted molar refractivity (Wildman–Crippen MR) is 87.2 cm³/mol. The van der Waals surface area contributed by atoms with Gasteiger partial charge in [0, 0.05) is 25.2 Å². The maximum atomic E-state index is 5.38. The van der Waals surface area contributed by atoms with Crippen molar-refractivity contribution in [1.29, 1.82) is 0 Å². The van der Waals surface area contributed by atoms with Crippen LogP contribution in [0.5, 0.6) is 0 Å². The topological polar surface area (TPSA) is 24.5 Å². The van der Waals surface area contributed by atoms with Gasteiger partial charge in [0.25, 0.3) is 0 Å². The average molecular weight is 284 g/mol. The second-order valence-electron chi connectivity index (χ2n) is 6.35. The first-order chi connectivity index (χ1) is 9.67. The Bertz CT molecular complexity index is 247. The van der Waals surface area contributed by atoms with Crippen molar-refractivity contribution in [2.75, 3.05) is 26.8 Å². The zero-order valence-corrected chi connectivity index (χ0v) is 14.3. The van der Waals surface area contributed by atoms with Crippen molar-refractivity contribution < 1.29 is 4.74 Å². The van der Waals surface area contributed by atoms with E-state index in [1.807, 2.05) is 7.11 Å². The van der Waals surface area contributed by atoms with Crippen LogP contribution in [0, 0.1) is 5.92 Å². The molecule has 0 aromatic heterocycles. The predicted octanol–water partition coefficient (Wildman–Crippen LogP) is 3.29. The van der Waals surface area contributed by atoms with Crippen molar-refractivity contribution >= 4 is 0 Å². The fourth-order valence-corrected chi connectivity index (χ4v) is 3.75. The normalized spacial score (nSPS) is 28.8. The molecule has 0 aliphatic heterocycles. The van der Waals surface area contributed by atoms with Gasteiger partial charge in [-0.1, -0.05) is 27.2 Å². The van der Waals surface area contributed by atoms with Crippen LogP contribution in [0.3, 0.4) is 0 Å². The molecule has 120 valence electrons. The minimum absolute atomic E-state index is 0.511. The molecule has 0 spiro atoms. The number of hydrogen-bond acceptors (Lipinski definition) is 3. The van der Waals surface area contributed by atoms with Gasteiger partial charge in [-0.15, -0.1) is 0 Å². The molecule has 3 nitrogen and oxygen atoms in total. The lowest BCUT2D eigenvalue weighted by Crippen LogP contribution is -2.56. The molecule has 1 N–H and O–H groups in total. The summed E-state index contributed by atoms with van der Waals surface area (Å²) in [5.41, 5.74) is 0. The first-order valence-corrected chi connectivity index (χ1v) is 8.65. The number of methoxy groups -OCH3 is 1. The molecule has 20 heavy (non-hydrogen) atoms. The van der Waals surface area contributed by atoms with Gasteiger partial charge >= 0.3 is 0 Å². The lowest BCUT2D eigenvalue weighted by molar-refractivity contribution is 0.0326. The lowest BCUT2D eigenvalue weighted by atomic mass is 9.79. The van der Waals surface area contributed by atoms with Crippen LogP contribution in [0.1, 0.15) is 59.8 Å². The van der Waals surface area contributed by atoms with Gasteiger partial charge in [-0.3, -0.25) is 4.90 Å². The van der Waals surface area contributed by atoms with Crippen molar-refractivity contribution in [3.63, 3.8) is 0 Å². The Kier molecular flexibility index (Phi) is 8.74. The highest BCUT2D eigenvalue weighted by Gasteiger charge is 2.34. The van der Waals surface area contributed by atoms with Crippen LogP contribution in [0.2, 0.25) is 0 Å². The van der Waals surface area contributed by atoms with Crippen LogP contribution in [0.25, 0.3) is 0 Å². The largest absolute Gasteiger partial charge is 0.383 e. The molecule has 1 saturated carbocycles. The zero-order chi connectivity index (χ0) is 15.0. The quantitative estimate of drug-likeness (QED) is 0.703. The fraction of sp³-hybridized carbons (Fsp3) is 1.00. The fourth-order valence-electron chi connectivity index (χ4n) is 3.75. The van der Waals surface area contributed by atoms with Gasteiger partial charge in [-0.25, -0.2) is 0 Å². The van der Waals surface area contributed by atoms with Crippen LogP contribution in [-0.4, -0.2) is 49.8 Å². The SMILES string of the molecule is CCCNC1CCC(CC)CC1N(CC)C(C)COC. The van der Waals surface area contributed by atoms with Crippen LogP contribution >= 0.6 is 0 Å². The number of nitrogens with zero attached hydrogens (tertiary/aromatic N) is 1. The second-order valence-corrected chi connectivity index (χ2v) is 6.35. The van der Waals surface area contributed by atoms with E-state index in [0.29, 0.717) is 18.1 Å². The van der Waals surface area contributed by atoms with E-state index in [1.165, 1.54) is 32.1 Å². The molecule has 4 atom stereocenters. The summed E-state index contributed by atoms with van der Waals surface area (Å²) >= 11 is 0. The standard InChI is InChI=1S/C17H36N2O/c1-6-11-18-16-10-9-15(7-2)12-17(16)19(8-3)14(4)13-20-5/h14-18H,6-13H2,1-5H3. The van der Waals surface area contributed by atoms with Gasteiger partial charge in [0.2, 0.25) is 0 Å². The van der Waals surface area contributed by atoms with Crippen molar-refractivity contribution in [3.8, 4) is 0 Å². The Balaban J connectivity index is 2.73. The number of ether oxygens (including phenoxy) is 1. The van der Waals surface area contributed by atoms with Crippen molar-refractivity contribution in [1.82, 2.24) is 10.2 Å². The second kappa shape index (κ2) is 9.75. The smallest absolute Gasteiger partial charge is 0.0615 e. The lowest BCUT2D eigenvalue weighted by Gasteiger charge is -2.45. The first-order valence-electron chi connectivity index (χ1n) is 8.65. The van der Waals surface area contributed by atoms with Gasteiger partial charge < -0.3 is 10.1 Å². The summed E-state index contributed by atoms with van der Waals surface area (Å²) in [5.74, 6) is 0.906. The Morgan fingerprint density at radius 1 is 1.25 bits per heavy atom. The maximum Gasteiger partial charge on any atom is 0.0615 e. The molecule has 1 aliphatic carbocycles. The van der Waals surface area contributed by atoms with E-state index in [1.54, 1.807) is 0 Å². The highest BCUT2D eigenvalue weighted by Crippen LogP contribution is 2.31. The van der Waals surface area contributed by atoms with Gasteiger partial charge in [0.05, 0.1) is 6.61 Å². The van der Waals surface area contributed by atoms with Crippen molar-refractivity contribution in [2.45, 2.75) is 77.9 Å². The third-order valence-corrected chi connectivity index (χ3v) is 4.92. The summed E-state index contributed by atoms with van der Waals surface area (Å²) in [6.45, 7) is 12.3. The van der Waals surface area contributed by atoms with Gasteiger partial charge in [-0.2, -0.15) is 0 Å². The Labute approximate surface area is 126 Å². The molecule has 1 aliphatic rings. The van der Waals surface area contributed by atoms with E-state index in [-0.39, 0.29) is 0 Å². The molecule has 4 unspecified atom stereocenters. The molecule has 1 rings (SSSR count). The number of hydrogen-bond donors (Lipinski definition) is 1. The summed E-state index contributed by atoms with van der Waals surface area (Å²) in [6.07, 6.45) is 6.62. The van der Waals surface area contributed by atoms with Crippen LogP contribution in [0.4, 0.5) is 0 Å². The van der Waals surface area contributed by atoms with E-state index in [4.69, 9.17) is 4.74 Å². The number of likely N-dealkylation sites (N-methyl/N-ethyl adjacent to an activating group) is 1. The average Bonchev–Trinajstić information content (AvgIpc) is 2.46. The molecule has 0 radical (unpaired) electrons. The molecule has 0 bridgehead atoms. The number of rotatable bonds is 9. The molecule has 0 saturated heterocycles. The Morgan fingerprint density at radius 3 is 2.55 bits per heavy atom. The third-order valence-electron chi connectivity index (χ3n) is 4.92. The molecule has 0 heterocycles. The number of nitrogens with one attached hydrogen (secondary N) is 1. The Hall–Kier alpha value is -0.120. The van der Waals surface area contributed by atoms with E-state index >= 15 is 0 Å². The first kappa shape index (κ1) is 17.9. The van der Waals surface area contributed by atoms with Gasteiger partial charge in [-0.05, 0) is 51.6 Å². The molecule has 0 amide bonds. The molecule has 0 aromatic carbocycles. The summed E-state index contributed by atoms with van der Waals surface area (Å²) in [6, 6.07) is 1.85. The van der Waals surface area contributed by atoms with E-state index < -0.39 is 0 Å². The zero-order valence-electron chi connectivity index (χ0n) is 14.3. The minimum Gasteiger partial charge on any atom is -0.383 e. The summed E-state index contributed by atoms with van der Waals surface area (Å²) in [5, 5.41) is 3.80. The van der Waals surface area contributed by atoms with Gasteiger partial charge in [0.1, 0.15) is 0 Å². The van der Waals surface area contributed by atoms with E-state index in [0.717, 1.165) is 25.6 Å². The third kappa shape index (κ3) is 5.01. The van der Waals surface area contributed by atoms with Crippen LogP contribution in [0.15, 0.2) is 0 Å². The summed E-state index contributed by atoms with van der Waals surface area (Å²) < 4.78 is 5.38. The Morgan fingerprint density at radius 2 is 2.00 bits per heavy atom. The van der Waals surface area contributed by atoms with Crippen LogP contribution < -0.4 is 5.32 Å². The molecular formula is C17H36N2O. The van der Waals surface area contributed by atoms with Crippen LogP contribution in [-0.2, 0) is 4.74 Å². The molecule has 0 aromatic rings. The van der Waals surface area contributed by atoms with E-state index in [2.05, 4.69) is 37.9 Å². The molecule has 1 fully saturated rings. The van der Waals surface area contributed by atoms with E-state index in [9.17, 15) is 0 Å². The minimum atomic E-state index is 0.511. The molecule has 3 heteroatoms. The summed E-state index contributed by atoms with van der Waals surface area (Å²) in [7, 11) is 1.81. The maximum absolute atomic E-state index is 5.38. The highest BCUT2D eigenvalue weighted by molar-refractivity contribution is 4.92. The monoisotopic (exact) mass is 284 g/mol. The van der Waals surface area contributed by atoms with Gasteiger partial charge in [0.15, 0.2) is 0 Å². The van der Waals surface area contributed by atoms with Crippen molar-refractivity contribution in [3.05, 3.63) is 0 Å². The molecular weight excluding hydrogens is 248 g/mol. The highest BCUT2D eigenvalue weighted by atomic mass is 16.5. The summed E-state index contributed by atoms with van der Waals surface area (Å²) in [4.78, 5) is 2.67.